The van der Waals surface area contributed by atoms with Crippen molar-refractivity contribution in [3.05, 3.63) is 59.2 Å². The summed E-state index contributed by atoms with van der Waals surface area (Å²) in [7, 11) is 0. The first kappa shape index (κ1) is 15.1. The van der Waals surface area contributed by atoms with Crippen LogP contribution >= 0.6 is 0 Å². The van der Waals surface area contributed by atoms with Gasteiger partial charge in [-0.05, 0) is 57.0 Å². The minimum atomic E-state index is -0.549. The molecule has 0 bridgehead atoms. The van der Waals surface area contributed by atoms with Crippen molar-refractivity contribution in [2.45, 2.75) is 33.8 Å². The quantitative estimate of drug-likeness (QED) is 0.920. The van der Waals surface area contributed by atoms with E-state index in [-0.39, 0.29) is 5.91 Å². The molecule has 0 fully saturated rings. The molecule has 0 unspecified atom stereocenters. The smallest absolute Gasteiger partial charge is 0.265 e. The minimum absolute atomic E-state index is 0.152. The second-order valence-electron chi connectivity index (χ2n) is 5.39. The normalized spacial score (nSPS) is 11.8. The van der Waals surface area contributed by atoms with Crippen molar-refractivity contribution >= 4 is 11.6 Å². The van der Waals surface area contributed by atoms with Crippen LogP contribution in [0.1, 0.15) is 23.6 Å². The molecule has 3 heteroatoms. The van der Waals surface area contributed by atoms with Gasteiger partial charge in [-0.25, -0.2) is 0 Å². The molecule has 0 spiro atoms. The molecule has 2 rings (SSSR count). The Morgan fingerprint density at radius 3 is 2.43 bits per heavy atom. The van der Waals surface area contributed by atoms with E-state index < -0.39 is 6.10 Å². The Morgan fingerprint density at radius 1 is 1.05 bits per heavy atom. The van der Waals surface area contributed by atoms with Gasteiger partial charge in [-0.2, -0.15) is 0 Å². The van der Waals surface area contributed by atoms with Crippen LogP contribution in [0.4, 0.5) is 5.69 Å². The molecule has 21 heavy (non-hydrogen) atoms. The SMILES string of the molecule is Cc1cccc(NC(=O)[C@@H](C)Oc2ccc(C)cc2C)c1. The fourth-order valence-corrected chi connectivity index (χ4v) is 2.14. The summed E-state index contributed by atoms with van der Waals surface area (Å²) in [6, 6.07) is 13.6. The van der Waals surface area contributed by atoms with Gasteiger partial charge in [0.2, 0.25) is 0 Å². The van der Waals surface area contributed by atoms with E-state index in [9.17, 15) is 4.79 Å². The van der Waals surface area contributed by atoms with E-state index in [2.05, 4.69) is 5.32 Å². The maximum Gasteiger partial charge on any atom is 0.265 e. The number of carbonyl (C=O) groups excluding carboxylic acids is 1. The lowest BCUT2D eigenvalue weighted by atomic mass is 10.1. The molecule has 0 aromatic heterocycles. The number of rotatable bonds is 4. The van der Waals surface area contributed by atoms with Crippen molar-refractivity contribution in [3.63, 3.8) is 0 Å². The van der Waals surface area contributed by atoms with Crippen molar-refractivity contribution in [1.82, 2.24) is 0 Å². The topological polar surface area (TPSA) is 38.3 Å². The summed E-state index contributed by atoms with van der Waals surface area (Å²) in [5.74, 6) is 0.591. The molecule has 2 aromatic rings. The molecule has 110 valence electrons. The number of anilines is 1. The van der Waals surface area contributed by atoms with Gasteiger partial charge in [-0.3, -0.25) is 4.79 Å². The fraction of sp³-hybridized carbons (Fsp3) is 0.278. The summed E-state index contributed by atoms with van der Waals surface area (Å²) >= 11 is 0. The maximum atomic E-state index is 12.2. The Labute approximate surface area is 126 Å². The highest BCUT2D eigenvalue weighted by molar-refractivity contribution is 5.94. The van der Waals surface area contributed by atoms with E-state index in [1.807, 2.05) is 63.2 Å². The Hall–Kier alpha value is -2.29. The highest BCUT2D eigenvalue weighted by atomic mass is 16.5. The molecule has 0 heterocycles. The van der Waals surface area contributed by atoms with Gasteiger partial charge >= 0.3 is 0 Å². The summed E-state index contributed by atoms with van der Waals surface area (Å²) in [6.45, 7) is 7.76. The van der Waals surface area contributed by atoms with Gasteiger partial charge in [0.25, 0.3) is 5.91 Å². The van der Waals surface area contributed by atoms with E-state index in [1.54, 1.807) is 6.92 Å². The molecule has 2 aromatic carbocycles. The Kier molecular flexibility index (Phi) is 4.63. The van der Waals surface area contributed by atoms with Crippen LogP contribution in [0.25, 0.3) is 0 Å². The first-order valence-electron chi connectivity index (χ1n) is 7.07. The third-order valence-corrected chi connectivity index (χ3v) is 3.29. The van der Waals surface area contributed by atoms with Crippen LogP contribution in [0.5, 0.6) is 5.75 Å². The van der Waals surface area contributed by atoms with Crippen LogP contribution < -0.4 is 10.1 Å². The molecule has 1 N–H and O–H groups in total. The summed E-state index contributed by atoms with van der Waals surface area (Å²) in [4.78, 5) is 12.2. The molecule has 0 aliphatic carbocycles. The highest BCUT2D eigenvalue weighted by Gasteiger charge is 2.15. The standard InChI is InChI=1S/C18H21NO2/c1-12-6-5-7-16(11-12)19-18(20)15(4)21-17-9-8-13(2)10-14(17)3/h5-11,15H,1-4H3,(H,19,20)/t15-/m1/s1. The van der Waals surface area contributed by atoms with Gasteiger partial charge in [0, 0.05) is 5.69 Å². The summed E-state index contributed by atoms with van der Waals surface area (Å²) in [6.07, 6.45) is -0.549. The lowest BCUT2D eigenvalue weighted by Crippen LogP contribution is -2.30. The van der Waals surface area contributed by atoms with Crippen LogP contribution in [0.3, 0.4) is 0 Å². The van der Waals surface area contributed by atoms with Crippen molar-refractivity contribution < 1.29 is 9.53 Å². The van der Waals surface area contributed by atoms with Gasteiger partial charge in [0.05, 0.1) is 0 Å². The lowest BCUT2D eigenvalue weighted by Gasteiger charge is -2.16. The number of benzene rings is 2. The zero-order chi connectivity index (χ0) is 15.4. The summed E-state index contributed by atoms with van der Waals surface area (Å²) < 4.78 is 5.75. The van der Waals surface area contributed by atoms with Crippen LogP contribution in [-0.2, 0) is 4.79 Å². The van der Waals surface area contributed by atoms with Crippen molar-refractivity contribution in [2.24, 2.45) is 0 Å². The van der Waals surface area contributed by atoms with Gasteiger partial charge in [0.15, 0.2) is 6.10 Å². The lowest BCUT2D eigenvalue weighted by molar-refractivity contribution is -0.122. The van der Waals surface area contributed by atoms with Gasteiger partial charge in [-0.15, -0.1) is 0 Å². The summed E-state index contributed by atoms with van der Waals surface area (Å²) in [5.41, 5.74) is 4.11. The number of carbonyl (C=O) groups is 1. The molecular formula is C18H21NO2. The van der Waals surface area contributed by atoms with Crippen LogP contribution in [0.15, 0.2) is 42.5 Å². The van der Waals surface area contributed by atoms with Crippen molar-refractivity contribution in [1.29, 1.82) is 0 Å². The second kappa shape index (κ2) is 6.44. The molecule has 3 nitrogen and oxygen atoms in total. The van der Waals surface area contributed by atoms with Crippen molar-refractivity contribution in [2.75, 3.05) is 5.32 Å². The summed E-state index contributed by atoms with van der Waals surface area (Å²) in [5, 5.41) is 2.87. The molecule has 0 aliphatic rings. The molecular weight excluding hydrogens is 262 g/mol. The molecule has 0 aliphatic heterocycles. The molecule has 1 amide bonds. The predicted molar refractivity (Wildman–Crippen MR) is 85.8 cm³/mol. The molecule has 0 radical (unpaired) electrons. The fourth-order valence-electron chi connectivity index (χ4n) is 2.14. The number of amides is 1. The number of nitrogens with one attached hydrogen (secondary N) is 1. The maximum absolute atomic E-state index is 12.2. The van der Waals surface area contributed by atoms with E-state index in [4.69, 9.17) is 4.74 Å². The molecule has 1 atom stereocenters. The zero-order valence-corrected chi connectivity index (χ0v) is 12.9. The second-order valence-corrected chi connectivity index (χ2v) is 5.39. The highest BCUT2D eigenvalue weighted by Crippen LogP contribution is 2.20. The minimum Gasteiger partial charge on any atom is -0.481 e. The zero-order valence-electron chi connectivity index (χ0n) is 12.9. The van der Waals surface area contributed by atoms with E-state index in [1.165, 1.54) is 5.56 Å². The van der Waals surface area contributed by atoms with Gasteiger partial charge < -0.3 is 10.1 Å². The number of hydrogen-bond acceptors (Lipinski definition) is 2. The predicted octanol–water partition coefficient (Wildman–Crippen LogP) is 4.02. The average Bonchev–Trinajstić information content (AvgIpc) is 2.41. The molecule has 0 saturated heterocycles. The van der Waals surface area contributed by atoms with Crippen LogP contribution in [0, 0.1) is 20.8 Å². The third kappa shape index (κ3) is 4.09. The van der Waals surface area contributed by atoms with E-state index in [0.29, 0.717) is 0 Å². The number of ether oxygens (including phenoxy) is 1. The third-order valence-electron chi connectivity index (χ3n) is 3.29. The monoisotopic (exact) mass is 283 g/mol. The first-order valence-corrected chi connectivity index (χ1v) is 7.07. The average molecular weight is 283 g/mol. The first-order chi connectivity index (χ1) is 9.95. The van der Waals surface area contributed by atoms with Crippen molar-refractivity contribution in [3.8, 4) is 5.75 Å². The van der Waals surface area contributed by atoms with Crippen LogP contribution in [-0.4, -0.2) is 12.0 Å². The van der Waals surface area contributed by atoms with Crippen LogP contribution in [0.2, 0.25) is 0 Å². The Balaban J connectivity index is 2.02. The number of hydrogen-bond donors (Lipinski definition) is 1. The van der Waals surface area contributed by atoms with E-state index >= 15 is 0 Å². The largest absolute Gasteiger partial charge is 0.481 e. The van der Waals surface area contributed by atoms with Gasteiger partial charge in [0.1, 0.15) is 5.75 Å². The van der Waals surface area contributed by atoms with Gasteiger partial charge in [-0.1, -0.05) is 29.8 Å². The Morgan fingerprint density at radius 2 is 1.76 bits per heavy atom. The number of aryl methyl sites for hydroxylation is 3. The molecule has 0 saturated carbocycles. The van der Waals surface area contributed by atoms with E-state index in [0.717, 1.165) is 22.6 Å². The Bertz CT molecular complexity index is 649.